The molecule has 4 aromatic rings. The third kappa shape index (κ3) is 5.39. The van der Waals surface area contributed by atoms with E-state index in [-0.39, 0.29) is 17.2 Å². The van der Waals surface area contributed by atoms with E-state index in [1.54, 1.807) is 73.1 Å². The minimum Gasteiger partial charge on any atom is -0.457 e. The standard InChI is InChI=1S/C25H19ClN2O4S/c26-20-8-4-7-19(14-20)23-12-11-21(32-23)15-24(33(30,31)22-9-2-1-3-10-22)25(29)28-17-18-6-5-13-27-16-18/h1-16H,17H2,(H,28,29)/b24-15+. The first-order chi connectivity index (χ1) is 15.9. The molecule has 0 saturated heterocycles. The normalized spacial score (nSPS) is 11.8. The van der Waals surface area contributed by atoms with Crippen molar-refractivity contribution in [2.24, 2.45) is 0 Å². The van der Waals surface area contributed by atoms with E-state index in [4.69, 9.17) is 16.0 Å². The van der Waals surface area contributed by atoms with Gasteiger partial charge in [-0.1, -0.05) is 48.0 Å². The fourth-order valence-electron chi connectivity index (χ4n) is 3.12. The molecule has 33 heavy (non-hydrogen) atoms. The van der Waals surface area contributed by atoms with E-state index in [1.165, 1.54) is 18.2 Å². The molecule has 1 amide bonds. The van der Waals surface area contributed by atoms with E-state index < -0.39 is 20.6 Å². The van der Waals surface area contributed by atoms with Crippen LogP contribution < -0.4 is 5.32 Å². The maximum absolute atomic E-state index is 13.3. The lowest BCUT2D eigenvalue weighted by Crippen LogP contribution is -2.28. The Kier molecular flexibility index (Phi) is 6.72. The highest BCUT2D eigenvalue weighted by molar-refractivity contribution is 7.96. The van der Waals surface area contributed by atoms with Crippen molar-refractivity contribution in [2.75, 3.05) is 0 Å². The van der Waals surface area contributed by atoms with Crippen LogP contribution in [0.1, 0.15) is 11.3 Å². The van der Waals surface area contributed by atoms with Crippen molar-refractivity contribution in [3.63, 3.8) is 0 Å². The number of hydrogen-bond acceptors (Lipinski definition) is 5. The number of furan rings is 1. The van der Waals surface area contributed by atoms with Gasteiger partial charge in [0.25, 0.3) is 5.91 Å². The summed E-state index contributed by atoms with van der Waals surface area (Å²) in [5, 5.41) is 3.20. The zero-order valence-corrected chi connectivity index (χ0v) is 18.9. The van der Waals surface area contributed by atoms with Gasteiger partial charge in [-0.25, -0.2) is 8.42 Å². The molecule has 0 bridgehead atoms. The SMILES string of the molecule is O=C(NCc1cccnc1)/C(=C\c1ccc(-c2cccc(Cl)c2)o1)S(=O)(=O)c1ccccc1. The molecule has 0 aliphatic rings. The van der Waals surface area contributed by atoms with E-state index >= 15 is 0 Å². The van der Waals surface area contributed by atoms with E-state index in [9.17, 15) is 13.2 Å². The van der Waals surface area contributed by atoms with E-state index in [0.717, 1.165) is 11.1 Å². The summed E-state index contributed by atoms with van der Waals surface area (Å²) < 4.78 is 32.4. The van der Waals surface area contributed by atoms with Crippen LogP contribution >= 0.6 is 11.6 Å². The summed E-state index contributed by atoms with van der Waals surface area (Å²) in [4.78, 5) is 16.6. The molecule has 2 aromatic carbocycles. The molecule has 1 N–H and O–H groups in total. The number of nitrogens with one attached hydrogen (secondary N) is 1. The Labute approximate surface area is 196 Å². The number of benzene rings is 2. The van der Waals surface area contributed by atoms with Crippen molar-refractivity contribution in [1.82, 2.24) is 10.3 Å². The third-order valence-corrected chi connectivity index (χ3v) is 6.76. The summed E-state index contributed by atoms with van der Waals surface area (Å²) in [5.74, 6) is -0.0320. The Morgan fingerprint density at radius 2 is 1.82 bits per heavy atom. The quantitative estimate of drug-likeness (QED) is 0.372. The molecule has 2 aromatic heterocycles. The lowest BCUT2D eigenvalue weighted by atomic mass is 10.2. The Morgan fingerprint density at radius 3 is 2.55 bits per heavy atom. The predicted octanol–water partition coefficient (Wildman–Crippen LogP) is 5.13. The summed E-state index contributed by atoms with van der Waals surface area (Å²) in [7, 11) is -4.11. The van der Waals surface area contributed by atoms with Gasteiger partial charge in [-0.15, -0.1) is 0 Å². The molecule has 0 fully saturated rings. The van der Waals surface area contributed by atoms with Crippen LogP contribution in [-0.4, -0.2) is 19.3 Å². The van der Waals surface area contributed by atoms with Crippen molar-refractivity contribution in [3.05, 3.63) is 113 Å². The van der Waals surface area contributed by atoms with Crippen molar-refractivity contribution in [1.29, 1.82) is 0 Å². The van der Waals surface area contributed by atoms with Crippen molar-refractivity contribution in [3.8, 4) is 11.3 Å². The van der Waals surface area contributed by atoms with Gasteiger partial charge in [-0.3, -0.25) is 9.78 Å². The van der Waals surface area contributed by atoms with Gasteiger partial charge in [-0.2, -0.15) is 0 Å². The highest BCUT2D eigenvalue weighted by Crippen LogP contribution is 2.28. The van der Waals surface area contributed by atoms with E-state index in [2.05, 4.69) is 10.3 Å². The average Bonchev–Trinajstić information content (AvgIpc) is 3.31. The number of rotatable bonds is 7. The fourth-order valence-corrected chi connectivity index (χ4v) is 4.67. The molecular formula is C25H19ClN2O4S. The number of pyridine rings is 1. The highest BCUT2D eigenvalue weighted by Gasteiger charge is 2.27. The number of amides is 1. The summed E-state index contributed by atoms with van der Waals surface area (Å²) >= 11 is 6.05. The van der Waals surface area contributed by atoms with E-state index in [0.29, 0.717) is 10.8 Å². The number of carbonyl (C=O) groups excluding carboxylic acids is 1. The van der Waals surface area contributed by atoms with Crippen LogP contribution in [0.5, 0.6) is 0 Å². The van der Waals surface area contributed by atoms with Gasteiger partial charge < -0.3 is 9.73 Å². The first-order valence-electron chi connectivity index (χ1n) is 9.98. The Morgan fingerprint density at radius 1 is 1.00 bits per heavy atom. The monoisotopic (exact) mass is 478 g/mol. The molecule has 2 heterocycles. The van der Waals surface area contributed by atoms with Crippen LogP contribution in [0.15, 0.2) is 105 Å². The van der Waals surface area contributed by atoms with Crippen LogP contribution in [0.2, 0.25) is 5.02 Å². The van der Waals surface area contributed by atoms with Crippen LogP contribution in [0.3, 0.4) is 0 Å². The molecule has 0 unspecified atom stereocenters. The molecule has 6 nitrogen and oxygen atoms in total. The molecule has 8 heteroatoms. The maximum Gasteiger partial charge on any atom is 0.263 e. The van der Waals surface area contributed by atoms with Crippen molar-refractivity contribution in [2.45, 2.75) is 11.4 Å². The number of hydrogen-bond donors (Lipinski definition) is 1. The first-order valence-corrected chi connectivity index (χ1v) is 11.8. The van der Waals surface area contributed by atoms with Gasteiger partial charge in [0.15, 0.2) is 0 Å². The van der Waals surface area contributed by atoms with Gasteiger partial charge in [0.1, 0.15) is 16.4 Å². The Hall–Kier alpha value is -3.68. The summed E-state index contributed by atoms with van der Waals surface area (Å²) in [6, 6.07) is 21.7. The van der Waals surface area contributed by atoms with Crippen LogP contribution in [0.4, 0.5) is 0 Å². The van der Waals surface area contributed by atoms with Crippen LogP contribution in [0.25, 0.3) is 17.4 Å². The molecule has 0 atom stereocenters. The minimum atomic E-state index is -4.11. The molecular weight excluding hydrogens is 460 g/mol. The number of aromatic nitrogens is 1. The lowest BCUT2D eigenvalue weighted by molar-refractivity contribution is -0.116. The Balaban J connectivity index is 1.69. The van der Waals surface area contributed by atoms with Gasteiger partial charge in [0.05, 0.1) is 4.90 Å². The zero-order chi connectivity index (χ0) is 23.3. The number of carbonyl (C=O) groups is 1. The highest BCUT2D eigenvalue weighted by atomic mass is 35.5. The maximum atomic E-state index is 13.3. The first kappa shape index (κ1) is 22.5. The smallest absolute Gasteiger partial charge is 0.263 e. The molecule has 0 saturated carbocycles. The summed E-state index contributed by atoms with van der Waals surface area (Å²) in [6.45, 7) is 0.125. The van der Waals surface area contributed by atoms with Gasteiger partial charge in [0.2, 0.25) is 9.84 Å². The zero-order valence-electron chi connectivity index (χ0n) is 17.3. The molecule has 166 valence electrons. The fraction of sp³-hybridized carbons (Fsp3) is 0.0400. The number of sulfone groups is 1. The van der Waals surface area contributed by atoms with Crippen LogP contribution in [0, 0.1) is 0 Å². The third-order valence-electron chi connectivity index (χ3n) is 4.75. The van der Waals surface area contributed by atoms with Gasteiger partial charge >= 0.3 is 0 Å². The molecule has 0 radical (unpaired) electrons. The molecule has 0 spiro atoms. The largest absolute Gasteiger partial charge is 0.457 e. The summed E-state index contributed by atoms with van der Waals surface area (Å²) in [6.07, 6.45) is 4.44. The molecule has 0 aliphatic heterocycles. The Bertz CT molecular complexity index is 1400. The average molecular weight is 479 g/mol. The van der Waals surface area contributed by atoms with Crippen LogP contribution in [-0.2, 0) is 21.2 Å². The molecule has 4 rings (SSSR count). The number of nitrogens with zero attached hydrogens (tertiary/aromatic N) is 1. The molecule has 0 aliphatic carbocycles. The predicted molar refractivity (Wildman–Crippen MR) is 127 cm³/mol. The second-order valence-corrected chi connectivity index (χ2v) is 9.44. The van der Waals surface area contributed by atoms with Gasteiger partial charge in [-0.05, 0) is 48.0 Å². The number of halogens is 1. The van der Waals surface area contributed by atoms with Crippen molar-refractivity contribution < 1.29 is 17.6 Å². The van der Waals surface area contributed by atoms with Gasteiger partial charge in [0, 0.05) is 35.6 Å². The second-order valence-electron chi connectivity index (χ2n) is 7.08. The van der Waals surface area contributed by atoms with E-state index in [1.807, 2.05) is 6.07 Å². The lowest BCUT2D eigenvalue weighted by Gasteiger charge is -2.10. The second kappa shape index (κ2) is 9.85. The van der Waals surface area contributed by atoms with Crippen molar-refractivity contribution >= 4 is 33.4 Å². The minimum absolute atomic E-state index is 0.00870. The topological polar surface area (TPSA) is 89.3 Å². The summed E-state index contributed by atoms with van der Waals surface area (Å²) in [5.41, 5.74) is 1.47.